The van der Waals surface area contributed by atoms with E-state index in [0.29, 0.717) is 18.0 Å². The van der Waals surface area contributed by atoms with Crippen LogP contribution in [0.3, 0.4) is 0 Å². The fourth-order valence-corrected chi connectivity index (χ4v) is 4.10. The summed E-state index contributed by atoms with van der Waals surface area (Å²) in [4.78, 5) is 17.7. The van der Waals surface area contributed by atoms with Gasteiger partial charge in [-0.3, -0.25) is 4.79 Å². The number of aromatic nitrogens is 2. The van der Waals surface area contributed by atoms with Crippen LogP contribution in [0.1, 0.15) is 65.6 Å². The van der Waals surface area contributed by atoms with Gasteiger partial charge in [-0.25, -0.2) is 4.98 Å². The Kier molecular flexibility index (Phi) is 6.50. The molecule has 4 rings (SSSR count). The average Bonchev–Trinajstić information content (AvgIpc) is 3.13. The maximum atomic E-state index is 13.0. The molecule has 0 saturated heterocycles. The van der Waals surface area contributed by atoms with Crippen LogP contribution in [-0.2, 0) is 6.54 Å². The number of rotatable bonds is 7. The maximum absolute atomic E-state index is 13.0. The molecule has 0 unspecified atom stereocenters. The Morgan fingerprint density at radius 1 is 1.00 bits per heavy atom. The van der Waals surface area contributed by atoms with E-state index in [-0.39, 0.29) is 11.9 Å². The van der Waals surface area contributed by atoms with Crippen molar-refractivity contribution >= 4 is 16.9 Å². The van der Waals surface area contributed by atoms with Gasteiger partial charge in [0.2, 0.25) is 0 Å². The van der Waals surface area contributed by atoms with E-state index < -0.39 is 0 Å². The zero-order valence-corrected chi connectivity index (χ0v) is 19.9. The Morgan fingerprint density at radius 2 is 1.76 bits per heavy atom. The molecule has 5 nitrogen and oxygen atoms in total. The Hall–Kier alpha value is -3.60. The quantitative estimate of drug-likeness (QED) is 0.382. The first kappa shape index (κ1) is 22.6. The number of benzene rings is 3. The first-order valence-corrected chi connectivity index (χ1v) is 11.4. The van der Waals surface area contributed by atoms with E-state index >= 15 is 0 Å². The monoisotopic (exact) mass is 441 g/mol. The molecule has 5 heteroatoms. The van der Waals surface area contributed by atoms with Gasteiger partial charge in [0, 0.05) is 12.1 Å². The highest BCUT2D eigenvalue weighted by molar-refractivity contribution is 5.97. The molecule has 1 atom stereocenters. The highest BCUT2D eigenvalue weighted by Gasteiger charge is 2.15. The molecule has 0 saturated carbocycles. The van der Waals surface area contributed by atoms with Gasteiger partial charge < -0.3 is 14.6 Å². The Bertz CT molecular complexity index is 1290. The third-order valence-corrected chi connectivity index (χ3v) is 6.10. The van der Waals surface area contributed by atoms with Gasteiger partial charge in [0.1, 0.15) is 11.6 Å². The summed E-state index contributed by atoms with van der Waals surface area (Å²) in [7, 11) is 1.67. The number of methoxy groups -OCH3 is 1. The first-order valence-electron chi connectivity index (χ1n) is 11.4. The van der Waals surface area contributed by atoms with Crippen molar-refractivity contribution < 1.29 is 9.53 Å². The minimum atomic E-state index is -0.0978. The Morgan fingerprint density at radius 3 is 2.52 bits per heavy atom. The van der Waals surface area contributed by atoms with E-state index in [1.807, 2.05) is 50.2 Å². The van der Waals surface area contributed by atoms with Crippen LogP contribution in [0, 0.1) is 6.92 Å². The van der Waals surface area contributed by atoms with Crippen LogP contribution in [0.15, 0.2) is 66.7 Å². The number of nitrogens with zero attached hydrogens (tertiary/aromatic N) is 2. The molecule has 4 aromatic rings. The third kappa shape index (κ3) is 4.92. The van der Waals surface area contributed by atoms with Crippen molar-refractivity contribution in [2.45, 2.75) is 46.2 Å². The lowest BCUT2D eigenvalue weighted by atomic mass is 9.98. The SMILES string of the molecule is COc1cccc(Cn2c(C)nc3cc(C(=O)N[C@@H](C)c4cccc(C(C)C)c4)ccc32)c1. The molecule has 1 N–H and O–H groups in total. The molecule has 1 heterocycles. The number of nitrogens with one attached hydrogen (secondary N) is 1. The van der Waals surface area contributed by atoms with Gasteiger partial charge in [0.15, 0.2) is 0 Å². The third-order valence-electron chi connectivity index (χ3n) is 6.10. The summed E-state index contributed by atoms with van der Waals surface area (Å²) >= 11 is 0. The lowest BCUT2D eigenvalue weighted by molar-refractivity contribution is 0.0940. The Labute approximate surface area is 195 Å². The molecule has 3 aromatic carbocycles. The van der Waals surface area contributed by atoms with E-state index in [4.69, 9.17) is 9.72 Å². The van der Waals surface area contributed by atoms with Crippen LogP contribution < -0.4 is 10.1 Å². The predicted octanol–water partition coefficient (Wildman–Crippen LogP) is 6.02. The second-order valence-corrected chi connectivity index (χ2v) is 8.82. The summed E-state index contributed by atoms with van der Waals surface area (Å²) in [6.07, 6.45) is 0. The number of fused-ring (bicyclic) bond motifs is 1. The van der Waals surface area contributed by atoms with Gasteiger partial charge in [0.25, 0.3) is 5.91 Å². The predicted molar refractivity (Wildman–Crippen MR) is 133 cm³/mol. The molecule has 0 bridgehead atoms. The molecule has 33 heavy (non-hydrogen) atoms. The van der Waals surface area contributed by atoms with Crippen molar-refractivity contribution in [2.75, 3.05) is 7.11 Å². The van der Waals surface area contributed by atoms with Crippen molar-refractivity contribution in [3.8, 4) is 5.75 Å². The lowest BCUT2D eigenvalue weighted by Gasteiger charge is -2.16. The van der Waals surface area contributed by atoms with Gasteiger partial charge >= 0.3 is 0 Å². The highest BCUT2D eigenvalue weighted by Crippen LogP contribution is 2.23. The van der Waals surface area contributed by atoms with Crippen LogP contribution >= 0.6 is 0 Å². The maximum Gasteiger partial charge on any atom is 0.251 e. The van der Waals surface area contributed by atoms with Crippen molar-refractivity contribution in [3.05, 3.63) is 94.8 Å². The van der Waals surface area contributed by atoms with Gasteiger partial charge in [-0.05, 0) is 66.8 Å². The number of hydrogen-bond donors (Lipinski definition) is 1. The standard InChI is InChI=1S/C28H31N3O2/c1-18(2)22-9-7-10-23(15-22)19(3)29-28(32)24-12-13-27-26(16-24)30-20(4)31(27)17-21-8-6-11-25(14-21)33-5/h6-16,18-19H,17H2,1-5H3,(H,29,32)/t19-/m0/s1. The molecular weight excluding hydrogens is 410 g/mol. The number of aryl methyl sites for hydroxylation is 1. The molecule has 0 aliphatic rings. The molecule has 170 valence electrons. The van der Waals surface area contributed by atoms with Crippen molar-refractivity contribution in [1.82, 2.24) is 14.9 Å². The molecular formula is C28H31N3O2. The molecule has 0 aliphatic heterocycles. The Balaban J connectivity index is 1.54. The van der Waals surface area contributed by atoms with Crippen LogP contribution in [-0.4, -0.2) is 22.6 Å². The summed E-state index contributed by atoms with van der Waals surface area (Å²) in [6.45, 7) is 9.04. The molecule has 1 amide bonds. The largest absolute Gasteiger partial charge is 0.497 e. The number of hydrogen-bond acceptors (Lipinski definition) is 3. The zero-order valence-electron chi connectivity index (χ0n) is 19.9. The molecule has 0 aliphatic carbocycles. The minimum absolute atomic E-state index is 0.0840. The second kappa shape index (κ2) is 9.49. The summed E-state index contributed by atoms with van der Waals surface area (Å²) in [5.74, 6) is 2.09. The lowest BCUT2D eigenvalue weighted by Crippen LogP contribution is -2.26. The van der Waals surface area contributed by atoms with Gasteiger partial charge in [0.05, 0.1) is 24.2 Å². The molecule has 0 radical (unpaired) electrons. The fraction of sp³-hybridized carbons (Fsp3) is 0.286. The average molecular weight is 442 g/mol. The van der Waals surface area contributed by atoms with Crippen molar-refractivity contribution in [1.29, 1.82) is 0 Å². The number of ether oxygens (including phenoxy) is 1. The van der Waals surface area contributed by atoms with E-state index in [9.17, 15) is 4.79 Å². The number of imidazole rings is 1. The zero-order chi connectivity index (χ0) is 23.5. The smallest absolute Gasteiger partial charge is 0.251 e. The topological polar surface area (TPSA) is 56.2 Å². The normalized spacial score (nSPS) is 12.2. The molecule has 0 spiro atoms. The number of amides is 1. The summed E-state index contributed by atoms with van der Waals surface area (Å²) in [5, 5.41) is 3.13. The van der Waals surface area contributed by atoms with E-state index in [1.165, 1.54) is 5.56 Å². The first-order chi connectivity index (χ1) is 15.9. The van der Waals surface area contributed by atoms with Crippen molar-refractivity contribution in [2.24, 2.45) is 0 Å². The van der Waals surface area contributed by atoms with Crippen molar-refractivity contribution in [3.63, 3.8) is 0 Å². The van der Waals surface area contributed by atoms with E-state index in [0.717, 1.165) is 33.7 Å². The van der Waals surface area contributed by atoms with Gasteiger partial charge in [-0.1, -0.05) is 50.2 Å². The van der Waals surface area contributed by atoms with E-state index in [1.54, 1.807) is 7.11 Å². The number of carbonyl (C=O) groups excluding carboxylic acids is 1. The van der Waals surface area contributed by atoms with Crippen LogP contribution in [0.25, 0.3) is 11.0 Å². The van der Waals surface area contributed by atoms with Crippen LogP contribution in [0.5, 0.6) is 5.75 Å². The molecule has 1 aromatic heterocycles. The van der Waals surface area contributed by atoms with Crippen LogP contribution in [0.4, 0.5) is 0 Å². The fourth-order valence-electron chi connectivity index (χ4n) is 4.10. The summed E-state index contributed by atoms with van der Waals surface area (Å²) in [6, 6.07) is 22.1. The second-order valence-electron chi connectivity index (χ2n) is 8.82. The van der Waals surface area contributed by atoms with Gasteiger partial charge in [-0.2, -0.15) is 0 Å². The van der Waals surface area contributed by atoms with Crippen LogP contribution in [0.2, 0.25) is 0 Å². The van der Waals surface area contributed by atoms with Gasteiger partial charge in [-0.15, -0.1) is 0 Å². The minimum Gasteiger partial charge on any atom is -0.497 e. The summed E-state index contributed by atoms with van der Waals surface area (Å²) in [5.41, 5.74) is 5.94. The summed E-state index contributed by atoms with van der Waals surface area (Å²) < 4.78 is 7.50. The number of carbonyl (C=O) groups is 1. The molecule has 0 fully saturated rings. The highest BCUT2D eigenvalue weighted by atomic mass is 16.5. The van der Waals surface area contributed by atoms with E-state index in [2.05, 4.69) is 54.1 Å².